The molecule has 3 heterocycles. The van der Waals surface area contributed by atoms with Gasteiger partial charge >= 0.3 is 0 Å². The molecule has 0 aromatic carbocycles. The fraction of sp³-hybridized carbons (Fsp3) is 0.833. The average molecular weight is 220 g/mol. The minimum atomic E-state index is 0.775. The van der Waals surface area contributed by atoms with Crippen LogP contribution in [0.5, 0.6) is 0 Å². The molecule has 1 fully saturated rings. The van der Waals surface area contributed by atoms with E-state index in [2.05, 4.69) is 20.1 Å². The van der Waals surface area contributed by atoms with Gasteiger partial charge in [0.2, 0.25) is 0 Å². The van der Waals surface area contributed by atoms with E-state index in [-0.39, 0.29) is 0 Å². The molecule has 1 atom stereocenters. The highest BCUT2D eigenvalue weighted by Crippen LogP contribution is 2.18. The first-order valence-electron chi connectivity index (χ1n) is 6.55. The molecular formula is C12H20N4. The lowest BCUT2D eigenvalue weighted by atomic mass is 10.0. The molecule has 2 aliphatic rings. The fourth-order valence-corrected chi connectivity index (χ4v) is 2.84. The van der Waals surface area contributed by atoms with Gasteiger partial charge in [0.05, 0.1) is 0 Å². The van der Waals surface area contributed by atoms with Crippen molar-refractivity contribution < 1.29 is 0 Å². The lowest BCUT2D eigenvalue weighted by Gasteiger charge is -2.10. The zero-order chi connectivity index (χ0) is 10.8. The number of nitrogens with one attached hydrogen (secondary N) is 1. The van der Waals surface area contributed by atoms with Gasteiger partial charge in [-0.15, -0.1) is 10.2 Å². The SMILES string of the molecule is C1CCc2nnc(CC3CCNC3)n2CC1. The normalized spacial score (nSPS) is 25.4. The van der Waals surface area contributed by atoms with Gasteiger partial charge in [0.15, 0.2) is 0 Å². The smallest absolute Gasteiger partial charge is 0.133 e. The number of aryl methyl sites for hydroxylation is 1. The van der Waals surface area contributed by atoms with E-state index in [0.29, 0.717) is 0 Å². The van der Waals surface area contributed by atoms with Crippen molar-refractivity contribution >= 4 is 0 Å². The van der Waals surface area contributed by atoms with E-state index in [9.17, 15) is 0 Å². The standard InChI is InChI=1S/C12H20N4/c1-2-4-11-14-15-12(16(11)7-3-1)8-10-5-6-13-9-10/h10,13H,1-9H2. The minimum absolute atomic E-state index is 0.775. The molecule has 1 saturated heterocycles. The first-order chi connectivity index (χ1) is 7.93. The first-order valence-corrected chi connectivity index (χ1v) is 6.55. The van der Waals surface area contributed by atoms with Crippen LogP contribution in [0.15, 0.2) is 0 Å². The summed E-state index contributed by atoms with van der Waals surface area (Å²) in [6.07, 6.45) is 7.44. The molecule has 1 N–H and O–H groups in total. The molecule has 0 spiro atoms. The Morgan fingerprint density at radius 2 is 2.25 bits per heavy atom. The van der Waals surface area contributed by atoms with Gasteiger partial charge in [0, 0.05) is 19.4 Å². The van der Waals surface area contributed by atoms with Gasteiger partial charge in [-0.25, -0.2) is 0 Å². The van der Waals surface area contributed by atoms with Crippen molar-refractivity contribution in [3.8, 4) is 0 Å². The Bertz CT molecular complexity index is 352. The zero-order valence-corrected chi connectivity index (χ0v) is 9.78. The minimum Gasteiger partial charge on any atom is -0.316 e. The van der Waals surface area contributed by atoms with E-state index in [1.54, 1.807) is 0 Å². The van der Waals surface area contributed by atoms with E-state index in [0.717, 1.165) is 31.8 Å². The van der Waals surface area contributed by atoms with Gasteiger partial charge in [0.1, 0.15) is 11.6 Å². The van der Waals surface area contributed by atoms with Crippen molar-refractivity contribution in [1.82, 2.24) is 20.1 Å². The van der Waals surface area contributed by atoms with Gasteiger partial charge in [-0.2, -0.15) is 0 Å². The molecule has 2 aliphatic heterocycles. The Kier molecular flexibility index (Phi) is 2.91. The van der Waals surface area contributed by atoms with Crippen LogP contribution >= 0.6 is 0 Å². The van der Waals surface area contributed by atoms with Gasteiger partial charge in [-0.1, -0.05) is 6.42 Å². The lowest BCUT2D eigenvalue weighted by Crippen LogP contribution is -2.14. The highest BCUT2D eigenvalue weighted by atomic mass is 15.3. The van der Waals surface area contributed by atoms with Crippen LogP contribution in [0.3, 0.4) is 0 Å². The van der Waals surface area contributed by atoms with Crippen molar-refractivity contribution in [2.45, 2.75) is 45.1 Å². The van der Waals surface area contributed by atoms with Crippen LogP contribution in [0, 0.1) is 5.92 Å². The van der Waals surface area contributed by atoms with Crippen LogP contribution in [0.4, 0.5) is 0 Å². The van der Waals surface area contributed by atoms with Crippen LogP contribution in [-0.4, -0.2) is 27.9 Å². The number of hydrogen-bond donors (Lipinski definition) is 1. The molecule has 1 unspecified atom stereocenters. The van der Waals surface area contributed by atoms with Gasteiger partial charge in [-0.05, 0) is 38.3 Å². The molecule has 0 saturated carbocycles. The first kappa shape index (κ1) is 10.3. The van der Waals surface area contributed by atoms with Crippen molar-refractivity contribution in [3.05, 3.63) is 11.6 Å². The van der Waals surface area contributed by atoms with Gasteiger partial charge < -0.3 is 9.88 Å². The monoisotopic (exact) mass is 220 g/mol. The van der Waals surface area contributed by atoms with E-state index in [1.807, 2.05) is 0 Å². The van der Waals surface area contributed by atoms with Crippen LogP contribution in [-0.2, 0) is 19.4 Å². The highest BCUT2D eigenvalue weighted by molar-refractivity contribution is 4.99. The molecule has 1 aromatic heterocycles. The Balaban J connectivity index is 1.76. The average Bonchev–Trinajstić information content (AvgIpc) is 2.86. The molecule has 16 heavy (non-hydrogen) atoms. The Morgan fingerprint density at radius 3 is 3.12 bits per heavy atom. The number of aromatic nitrogens is 3. The van der Waals surface area contributed by atoms with Crippen LogP contribution in [0.2, 0.25) is 0 Å². The summed E-state index contributed by atoms with van der Waals surface area (Å²) in [5.41, 5.74) is 0. The summed E-state index contributed by atoms with van der Waals surface area (Å²) in [6, 6.07) is 0. The number of nitrogens with zero attached hydrogens (tertiary/aromatic N) is 3. The maximum absolute atomic E-state index is 4.39. The Morgan fingerprint density at radius 1 is 1.25 bits per heavy atom. The van der Waals surface area contributed by atoms with Gasteiger partial charge in [0.25, 0.3) is 0 Å². The summed E-state index contributed by atoms with van der Waals surface area (Å²) in [4.78, 5) is 0. The fourth-order valence-electron chi connectivity index (χ4n) is 2.84. The second-order valence-electron chi connectivity index (χ2n) is 5.06. The van der Waals surface area contributed by atoms with E-state index in [1.165, 1.54) is 43.9 Å². The molecule has 88 valence electrons. The summed E-state index contributed by atoms with van der Waals surface area (Å²) in [5.74, 6) is 3.22. The summed E-state index contributed by atoms with van der Waals surface area (Å²) < 4.78 is 2.38. The topological polar surface area (TPSA) is 42.7 Å². The third kappa shape index (κ3) is 1.98. The van der Waals surface area contributed by atoms with Crippen molar-refractivity contribution in [2.24, 2.45) is 5.92 Å². The van der Waals surface area contributed by atoms with Crippen LogP contribution < -0.4 is 5.32 Å². The number of fused-ring (bicyclic) bond motifs is 1. The van der Waals surface area contributed by atoms with E-state index >= 15 is 0 Å². The highest BCUT2D eigenvalue weighted by Gasteiger charge is 2.20. The van der Waals surface area contributed by atoms with Crippen LogP contribution in [0.1, 0.15) is 37.3 Å². The quantitative estimate of drug-likeness (QED) is 0.813. The summed E-state index contributed by atoms with van der Waals surface area (Å²) in [5, 5.41) is 12.2. The maximum atomic E-state index is 4.39. The van der Waals surface area contributed by atoms with Crippen molar-refractivity contribution in [3.63, 3.8) is 0 Å². The molecule has 3 rings (SSSR count). The zero-order valence-electron chi connectivity index (χ0n) is 9.78. The summed E-state index contributed by atoms with van der Waals surface area (Å²) in [6.45, 7) is 3.46. The molecular weight excluding hydrogens is 200 g/mol. The largest absolute Gasteiger partial charge is 0.316 e. The molecule has 1 aromatic rings. The molecule has 0 bridgehead atoms. The van der Waals surface area contributed by atoms with Crippen molar-refractivity contribution in [2.75, 3.05) is 13.1 Å². The van der Waals surface area contributed by atoms with Crippen molar-refractivity contribution in [1.29, 1.82) is 0 Å². The molecule has 4 heteroatoms. The number of hydrogen-bond acceptors (Lipinski definition) is 3. The third-order valence-corrected chi connectivity index (χ3v) is 3.82. The summed E-state index contributed by atoms with van der Waals surface area (Å²) >= 11 is 0. The number of rotatable bonds is 2. The Hall–Kier alpha value is -0.900. The third-order valence-electron chi connectivity index (χ3n) is 3.82. The molecule has 0 amide bonds. The summed E-state index contributed by atoms with van der Waals surface area (Å²) in [7, 11) is 0. The van der Waals surface area contributed by atoms with Gasteiger partial charge in [-0.3, -0.25) is 0 Å². The Labute approximate surface area is 96.4 Å². The second kappa shape index (κ2) is 4.53. The maximum Gasteiger partial charge on any atom is 0.133 e. The molecule has 0 aliphatic carbocycles. The van der Waals surface area contributed by atoms with E-state index < -0.39 is 0 Å². The second-order valence-corrected chi connectivity index (χ2v) is 5.06. The predicted octanol–water partition coefficient (Wildman–Crippen LogP) is 1.16. The molecule has 4 nitrogen and oxygen atoms in total. The van der Waals surface area contributed by atoms with Crippen LogP contribution in [0.25, 0.3) is 0 Å². The predicted molar refractivity (Wildman–Crippen MR) is 62.3 cm³/mol. The lowest BCUT2D eigenvalue weighted by molar-refractivity contribution is 0.524. The molecule has 0 radical (unpaired) electrons. The van der Waals surface area contributed by atoms with E-state index in [4.69, 9.17) is 0 Å².